The third-order valence-electron chi connectivity index (χ3n) is 1.62. The van der Waals surface area contributed by atoms with Crippen molar-refractivity contribution < 1.29 is 0 Å². The van der Waals surface area contributed by atoms with Gasteiger partial charge in [0.05, 0.1) is 0 Å². The average molecular weight is 150 g/mol. The summed E-state index contributed by atoms with van der Waals surface area (Å²) in [6.45, 7) is 1.08. The molecule has 0 saturated carbocycles. The Kier molecular flexibility index (Phi) is 3.62. The summed E-state index contributed by atoms with van der Waals surface area (Å²) in [5.41, 5.74) is 1.32. The first-order valence-electron chi connectivity index (χ1n) is 3.97. The van der Waals surface area contributed by atoms with Crippen LogP contribution in [0.5, 0.6) is 0 Å². The number of rotatable bonds is 4. The van der Waals surface area contributed by atoms with Crippen molar-refractivity contribution >= 4 is 0 Å². The lowest BCUT2D eigenvalue weighted by molar-refractivity contribution is 0.723. The quantitative estimate of drug-likeness (QED) is 0.653. The number of nitrogens with one attached hydrogen (secondary N) is 1. The molecule has 0 aliphatic heterocycles. The number of aromatic nitrogens is 1. The Bertz CT molecular complexity index is 184. The molecule has 1 aromatic heterocycles. The SMILES string of the molecule is CNCCCc1cccnc1. The van der Waals surface area contributed by atoms with E-state index in [0.29, 0.717) is 0 Å². The maximum absolute atomic E-state index is 4.04. The largest absolute Gasteiger partial charge is 0.320 e. The highest BCUT2D eigenvalue weighted by molar-refractivity contribution is 5.08. The minimum atomic E-state index is 1.08. The fraction of sp³-hybridized carbons (Fsp3) is 0.444. The van der Waals surface area contributed by atoms with Crippen molar-refractivity contribution in [2.45, 2.75) is 12.8 Å². The van der Waals surface area contributed by atoms with Crippen molar-refractivity contribution in [2.75, 3.05) is 13.6 Å². The second-order valence-corrected chi connectivity index (χ2v) is 2.57. The number of nitrogens with zero attached hydrogens (tertiary/aromatic N) is 1. The monoisotopic (exact) mass is 150 g/mol. The third-order valence-corrected chi connectivity index (χ3v) is 1.62. The van der Waals surface area contributed by atoms with Gasteiger partial charge >= 0.3 is 0 Å². The molecule has 0 aliphatic rings. The second-order valence-electron chi connectivity index (χ2n) is 2.57. The van der Waals surface area contributed by atoms with E-state index in [1.807, 2.05) is 25.5 Å². The Morgan fingerprint density at radius 1 is 1.55 bits per heavy atom. The number of hydrogen-bond acceptors (Lipinski definition) is 2. The Hall–Kier alpha value is -0.890. The van der Waals surface area contributed by atoms with E-state index >= 15 is 0 Å². The first-order valence-corrected chi connectivity index (χ1v) is 3.97. The van der Waals surface area contributed by atoms with Gasteiger partial charge in [0.15, 0.2) is 0 Å². The van der Waals surface area contributed by atoms with Crippen LogP contribution in [0.2, 0.25) is 0 Å². The standard InChI is InChI=1S/C9H14N2/c1-10-6-2-4-9-5-3-7-11-8-9/h3,5,7-8,10H,2,4,6H2,1H3. The van der Waals surface area contributed by atoms with E-state index in [1.165, 1.54) is 12.0 Å². The topological polar surface area (TPSA) is 24.9 Å². The van der Waals surface area contributed by atoms with E-state index in [4.69, 9.17) is 0 Å². The molecule has 1 N–H and O–H groups in total. The van der Waals surface area contributed by atoms with Crippen molar-refractivity contribution in [1.82, 2.24) is 10.3 Å². The highest BCUT2D eigenvalue weighted by Gasteiger charge is 1.89. The van der Waals surface area contributed by atoms with E-state index in [2.05, 4.69) is 16.4 Å². The van der Waals surface area contributed by atoms with Gasteiger partial charge in [-0.15, -0.1) is 0 Å². The van der Waals surface area contributed by atoms with E-state index in [9.17, 15) is 0 Å². The fourth-order valence-corrected chi connectivity index (χ4v) is 1.02. The molecule has 1 rings (SSSR count). The molecule has 0 radical (unpaired) electrons. The molecule has 0 aromatic carbocycles. The summed E-state index contributed by atoms with van der Waals surface area (Å²) in [7, 11) is 1.98. The van der Waals surface area contributed by atoms with Gasteiger partial charge in [-0.1, -0.05) is 6.07 Å². The molecule has 0 fully saturated rings. The first-order chi connectivity index (χ1) is 5.43. The average Bonchev–Trinajstić information content (AvgIpc) is 2.07. The second kappa shape index (κ2) is 4.85. The maximum atomic E-state index is 4.04. The van der Waals surface area contributed by atoms with Crippen LogP contribution in [0.4, 0.5) is 0 Å². The van der Waals surface area contributed by atoms with Crippen LogP contribution in [0.15, 0.2) is 24.5 Å². The van der Waals surface area contributed by atoms with Crippen LogP contribution in [-0.2, 0) is 6.42 Å². The normalized spacial score (nSPS) is 9.91. The van der Waals surface area contributed by atoms with Gasteiger partial charge in [0.25, 0.3) is 0 Å². The molecule has 0 saturated heterocycles. The zero-order valence-electron chi connectivity index (χ0n) is 6.88. The van der Waals surface area contributed by atoms with Crippen LogP contribution < -0.4 is 5.32 Å². The molecule has 2 heteroatoms. The van der Waals surface area contributed by atoms with Crippen molar-refractivity contribution in [3.8, 4) is 0 Å². The molecule has 0 spiro atoms. The minimum absolute atomic E-state index is 1.08. The lowest BCUT2D eigenvalue weighted by atomic mass is 10.2. The number of aryl methyl sites for hydroxylation is 1. The molecule has 0 amide bonds. The molecule has 11 heavy (non-hydrogen) atoms. The van der Waals surface area contributed by atoms with Crippen LogP contribution in [0, 0.1) is 0 Å². The van der Waals surface area contributed by atoms with Gasteiger partial charge < -0.3 is 5.32 Å². The summed E-state index contributed by atoms with van der Waals surface area (Å²) < 4.78 is 0. The Morgan fingerprint density at radius 3 is 3.09 bits per heavy atom. The zero-order valence-corrected chi connectivity index (χ0v) is 6.88. The molecule has 1 aromatic rings. The summed E-state index contributed by atoms with van der Waals surface area (Å²) in [5.74, 6) is 0. The molecule has 0 atom stereocenters. The lowest BCUT2D eigenvalue weighted by Crippen LogP contribution is -2.08. The highest BCUT2D eigenvalue weighted by Crippen LogP contribution is 1.98. The number of pyridine rings is 1. The summed E-state index contributed by atoms with van der Waals surface area (Å²) >= 11 is 0. The highest BCUT2D eigenvalue weighted by atomic mass is 14.8. The molecule has 1 heterocycles. The molecule has 0 aliphatic carbocycles. The van der Waals surface area contributed by atoms with Crippen molar-refractivity contribution in [1.29, 1.82) is 0 Å². The molecular formula is C9H14N2. The first kappa shape index (κ1) is 8.21. The van der Waals surface area contributed by atoms with E-state index in [-0.39, 0.29) is 0 Å². The van der Waals surface area contributed by atoms with E-state index in [0.717, 1.165) is 13.0 Å². The molecule has 60 valence electrons. The van der Waals surface area contributed by atoms with E-state index < -0.39 is 0 Å². The van der Waals surface area contributed by atoms with Crippen LogP contribution in [0.1, 0.15) is 12.0 Å². The lowest BCUT2D eigenvalue weighted by Gasteiger charge is -1.98. The smallest absolute Gasteiger partial charge is 0.0299 e. The predicted molar refractivity (Wildman–Crippen MR) is 46.5 cm³/mol. The minimum Gasteiger partial charge on any atom is -0.320 e. The van der Waals surface area contributed by atoms with Crippen LogP contribution in [0.25, 0.3) is 0 Å². The third kappa shape index (κ3) is 3.14. The van der Waals surface area contributed by atoms with Crippen molar-refractivity contribution in [3.05, 3.63) is 30.1 Å². The molecule has 2 nitrogen and oxygen atoms in total. The van der Waals surface area contributed by atoms with Gasteiger partial charge in [-0.2, -0.15) is 0 Å². The zero-order chi connectivity index (χ0) is 7.94. The Balaban J connectivity index is 2.28. The molecular weight excluding hydrogens is 136 g/mol. The van der Waals surface area contributed by atoms with Gasteiger partial charge in [0.2, 0.25) is 0 Å². The van der Waals surface area contributed by atoms with Gasteiger partial charge in [-0.25, -0.2) is 0 Å². The summed E-state index contributed by atoms with van der Waals surface area (Å²) in [6.07, 6.45) is 6.04. The summed E-state index contributed by atoms with van der Waals surface area (Å²) in [6, 6.07) is 4.09. The predicted octanol–water partition coefficient (Wildman–Crippen LogP) is 1.23. The summed E-state index contributed by atoms with van der Waals surface area (Å²) in [5, 5.41) is 3.12. The van der Waals surface area contributed by atoms with Gasteiger partial charge in [0.1, 0.15) is 0 Å². The van der Waals surface area contributed by atoms with Crippen LogP contribution in [0.3, 0.4) is 0 Å². The van der Waals surface area contributed by atoms with Crippen LogP contribution >= 0.6 is 0 Å². The van der Waals surface area contributed by atoms with Gasteiger partial charge in [-0.3, -0.25) is 4.98 Å². The van der Waals surface area contributed by atoms with Gasteiger partial charge in [0, 0.05) is 12.4 Å². The van der Waals surface area contributed by atoms with Gasteiger partial charge in [-0.05, 0) is 38.1 Å². The number of hydrogen-bond donors (Lipinski definition) is 1. The van der Waals surface area contributed by atoms with E-state index in [1.54, 1.807) is 0 Å². The molecule has 0 bridgehead atoms. The Labute approximate surface area is 67.7 Å². The van der Waals surface area contributed by atoms with Crippen molar-refractivity contribution in [2.24, 2.45) is 0 Å². The summed E-state index contributed by atoms with van der Waals surface area (Å²) in [4.78, 5) is 4.04. The maximum Gasteiger partial charge on any atom is 0.0299 e. The van der Waals surface area contributed by atoms with Crippen LogP contribution in [-0.4, -0.2) is 18.6 Å². The van der Waals surface area contributed by atoms with Crippen molar-refractivity contribution in [3.63, 3.8) is 0 Å². The fourth-order valence-electron chi connectivity index (χ4n) is 1.02. The Morgan fingerprint density at radius 2 is 2.45 bits per heavy atom. The molecule has 0 unspecified atom stereocenters.